The minimum absolute atomic E-state index is 0.123. The van der Waals surface area contributed by atoms with Crippen LogP contribution in [0, 0.1) is 34.5 Å². The molecular formula is C21H34O4. The molecule has 4 fully saturated rings. The van der Waals surface area contributed by atoms with E-state index in [1.165, 1.54) is 12.8 Å². The molecule has 25 heavy (non-hydrogen) atoms. The number of aliphatic hydroxyl groups excluding tert-OH is 2. The maximum Gasteiger partial charge on any atom is 0.190 e. The van der Waals surface area contributed by atoms with Gasteiger partial charge in [0.25, 0.3) is 0 Å². The molecule has 0 aromatic heterocycles. The molecule has 0 spiro atoms. The molecule has 142 valence electrons. The average Bonchev–Trinajstić information content (AvgIpc) is 2.87. The summed E-state index contributed by atoms with van der Waals surface area (Å²) in [5, 5.41) is 30.7. The van der Waals surface area contributed by atoms with Crippen molar-refractivity contribution >= 4 is 5.78 Å². The Morgan fingerprint density at radius 1 is 1.00 bits per heavy atom. The first-order chi connectivity index (χ1) is 11.8. The van der Waals surface area contributed by atoms with E-state index < -0.39 is 12.2 Å². The zero-order valence-electron chi connectivity index (χ0n) is 15.7. The molecule has 4 aliphatic rings. The van der Waals surface area contributed by atoms with E-state index in [2.05, 4.69) is 13.8 Å². The van der Waals surface area contributed by atoms with Gasteiger partial charge in [-0.15, -0.1) is 0 Å². The largest absolute Gasteiger partial charge is 0.393 e. The van der Waals surface area contributed by atoms with Crippen molar-refractivity contribution in [3.05, 3.63) is 0 Å². The second kappa shape index (κ2) is 5.77. The molecule has 0 bridgehead atoms. The molecule has 0 aromatic rings. The maximum atomic E-state index is 12.4. The van der Waals surface area contributed by atoms with E-state index in [-0.39, 0.29) is 17.3 Å². The average molecular weight is 350 g/mol. The van der Waals surface area contributed by atoms with Gasteiger partial charge in [-0.25, -0.2) is 0 Å². The van der Waals surface area contributed by atoms with Crippen LogP contribution in [-0.4, -0.2) is 39.4 Å². The molecule has 0 aromatic carbocycles. The van der Waals surface area contributed by atoms with Crippen molar-refractivity contribution in [1.82, 2.24) is 0 Å². The monoisotopic (exact) mass is 350 g/mol. The molecule has 0 heterocycles. The quantitative estimate of drug-likeness (QED) is 0.715. The van der Waals surface area contributed by atoms with Crippen molar-refractivity contribution in [1.29, 1.82) is 0 Å². The Hall–Kier alpha value is -0.450. The fourth-order valence-corrected chi connectivity index (χ4v) is 7.84. The first-order valence-corrected chi connectivity index (χ1v) is 10.3. The fraction of sp³-hybridized carbons (Fsp3) is 0.952. The van der Waals surface area contributed by atoms with E-state index in [4.69, 9.17) is 0 Å². The van der Waals surface area contributed by atoms with E-state index in [0.29, 0.717) is 35.5 Å². The first kappa shape index (κ1) is 17.9. The molecule has 4 heteroatoms. The summed E-state index contributed by atoms with van der Waals surface area (Å²) in [5.41, 5.74) is -1.41. The molecule has 0 aliphatic heterocycles. The first-order valence-electron chi connectivity index (χ1n) is 10.3. The van der Waals surface area contributed by atoms with E-state index in [0.717, 1.165) is 38.5 Å². The zero-order chi connectivity index (χ0) is 18.0. The lowest BCUT2D eigenvalue weighted by Crippen LogP contribution is -2.59. The summed E-state index contributed by atoms with van der Waals surface area (Å²) in [4.78, 5) is 12.4. The third-order valence-electron chi connectivity index (χ3n) is 9.39. The Balaban J connectivity index is 1.63. The number of rotatable bonds is 2. The van der Waals surface area contributed by atoms with E-state index in [1.807, 2.05) is 0 Å². The molecule has 2 unspecified atom stereocenters. The molecule has 0 radical (unpaired) electrons. The summed E-state index contributed by atoms with van der Waals surface area (Å²) >= 11 is 0. The minimum atomic E-state index is -1.34. The summed E-state index contributed by atoms with van der Waals surface area (Å²) < 4.78 is 0. The van der Waals surface area contributed by atoms with Gasteiger partial charge in [-0.05, 0) is 86.9 Å². The topological polar surface area (TPSA) is 77.8 Å². The van der Waals surface area contributed by atoms with Crippen molar-refractivity contribution in [3.63, 3.8) is 0 Å². The summed E-state index contributed by atoms with van der Waals surface area (Å²) in [6.07, 6.45) is 8.58. The molecule has 3 N–H and O–H groups in total. The molecule has 4 aliphatic carbocycles. The Bertz CT molecular complexity index is 562. The summed E-state index contributed by atoms with van der Waals surface area (Å²) in [7, 11) is 0. The van der Waals surface area contributed by atoms with Gasteiger partial charge in [-0.3, -0.25) is 4.79 Å². The van der Waals surface area contributed by atoms with Crippen LogP contribution < -0.4 is 0 Å². The predicted molar refractivity (Wildman–Crippen MR) is 94.8 cm³/mol. The van der Waals surface area contributed by atoms with Crippen molar-refractivity contribution in [2.75, 3.05) is 6.61 Å². The Labute approximate surface area is 151 Å². The van der Waals surface area contributed by atoms with Gasteiger partial charge >= 0.3 is 0 Å². The summed E-state index contributed by atoms with van der Waals surface area (Å²) in [5.74, 6) is 1.87. The van der Waals surface area contributed by atoms with Crippen LogP contribution in [0.4, 0.5) is 0 Å². The van der Waals surface area contributed by atoms with Crippen molar-refractivity contribution < 1.29 is 20.1 Å². The van der Waals surface area contributed by atoms with Gasteiger partial charge in [0.05, 0.1) is 6.10 Å². The molecular weight excluding hydrogens is 316 g/mol. The normalized spacial score (nSPS) is 55.2. The Morgan fingerprint density at radius 2 is 1.72 bits per heavy atom. The molecule has 8 atom stereocenters. The van der Waals surface area contributed by atoms with Crippen molar-refractivity contribution in [2.45, 2.75) is 83.3 Å². The van der Waals surface area contributed by atoms with Gasteiger partial charge in [0.1, 0.15) is 12.2 Å². The Morgan fingerprint density at radius 3 is 2.44 bits per heavy atom. The molecule has 4 nitrogen and oxygen atoms in total. The lowest BCUT2D eigenvalue weighted by molar-refractivity contribution is -0.174. The van der Waals surface area contributed by atoms with Gasteiger partial charge in [-0.2, -0.15) is 0 Å². The number of carbonyl (C=O) groups excluding carboxylic acids is 1. The van der Waals surface area contributed by atoms with Crippen LogP contribution in [0.2, 0.25) is 0 Å². The van der Waals surface area contributed by atoms with Crippen LogP contribution in [0.5, 0.6) is 0 Å². The van der Waals surface area contributed by atoms with Gasteiger partial charge in [0.2, 0.25) is 0 Å². The lowest BCUT2D eigenvalue weighted by atomic mass is 9.44. The van der Waals surface area contributed by atoms with Crippen LogP contribution in [0.3, 0.4) is 0 Å². The van der Waals surface area contributed by atoms with Gasteiger partial charge in [0.15, 0.2) is 5.78 Å². The van der Waals surface area contributed by atoms with E-state index >= 15 is 0 Å². The SMILES string of the molecule is C[C@]12CCC(O)CC1CC[C@@H]1[C@@H]2CC[C@@]2(C)[C@H]1CC[C@]2(O)C(=O)CO. The van der Waals surface area contributed by atoms with Crippen LogP contribution in [0.15, 0.2) is 0 Å². The fourth-order valence-electron chi connectivity index (χ4n) is 7.84. The highest BCUT2D eigenvalue weighted by atomic mass is 16.3. The number of carbonyl (C=O) groups is 1. The third-order valence-corrected chi connectivity index (χ3v) is 9.39. The van der Waals surface area contributed by atoms with Gasteiger partial charge in [-0.1, -0.05) is 13.8 Å². The smallest absolute Gasteiger partial charge is 0.190 e. The number of hydrogen-bond acceptors (Lipinski definition) is 4. The molecule has 0 saturated heterocycles. The highest BCUT2D eigenvalue weighted by Crippen LogP contribution is 2.68. The minimum Gasteiger partial charge on any atom is -0.393 e. The van der Waals surface area contributed by atoms with E-state index in [9.17, 15) is 20.1 Å². The van der Waals surface area contributed by atoms with Crippen LogP contribution in [0.25, 0.3) is 0 Å². The number of hydrogen-bond donors (Lipinski definition) is 3. The third kappa shape index (κ3) is 2.26. The summed E-state index contributed by atoms with van der Waals surface area (Å²) in [6.45, 7) is 4.00. The maximum absolute atomic E-state index is 12.4. The van der Waals surface area contributed by atoms with E-state index in [1.54, 1.807) is 0 Å². The number of aliphatic hydroxyl groups is 3. The second-order valence-corrected chi connectivity index (χ2v) is 10.0. The van der Waals surface area contributed by atoms with Crippen LogP contribution in [0.1, 0.15) is 71.6 Å². The van der Waals surface area contributed by atoms with Crippen LogP contribution in [-0.2, 0) is 4.79 Å². The number of Topliss-reactive ketones (excluding diaryl/α,β-unsaturated/α-hetero) is 1. The van der Waals surface area contributed by atoms with Gasteiger partial charge in [0, 0.05) is 5.41 Å². The standard InChI is InChI=1S/C21H34O4/c1-19-8-5-14(23)11-13(19)3-4-15-16(19)6-9-20(2)17(15)7-10-21(20,25)18(24)12-22/h13-17,22-23,25H,3-12H2,1-2H3/t13?,14?,15-,16+,17+,19+,20+,21+/m1/s1. The highest BCUT2D eigenvalue weighted by molar-refractivity contribution is 5.89. The molecule has 0 amide bonds. The van der Waals surface area contributed by atoms with Crippen molar-refractivity contribution in [3.8, 4) is 0 Å². The molecule has 4 rings (SSSR count). The van der Waals surface area contributed by atoms with Crippen molar-refractivity contribution in [2.24, 2.45) is 34.5 Å². The van der Waals surface area contributed by atoms with Crippen LogP contribution >= 0.6 is 0 Å². The summed E-state index contributed by atoms with van der Waals surface area (Å²) in [6, 6.07) is 0. The Kier molecular flexibility index (Phi) is 4.14. The predicted octanol–water partition coefficient (Wildman–Crippen LogP) is 2.68. The second-order valence-electron chi connectivity index (χ2n) is 10.0. The number of fused-ring (bicyclic) bond motifs is 5. The highest BCUT2D eigenvalue weighted by Gasteiger charge is 2.66. The van der Waals surface area contributed by atoms with Gasteiger partial charge < -0.3 is 15.3 Å². The lowest BCUT2D eigenvalue weighted by Gasteiger charge is -2.61. The molecule has 4 saturated carbocycles. The number of ketones is 1. The zero-order valence-corrected chi connectivity index (χ0v) is 15.7.